The Morgan fingerprint density at radius 3 is 2.59 bits per heavy atom. The molecule has 1 aliphatic rings. The first-order chi connectivity index (χ1) is 8.08. The number of nitrogens with one attached hydrogen (secondary N) is 1. The molecule has 2 unspecified atom stereocenters. The Kier molecular flexibility index (Phi) is 7.14. The van der Waals surface area contributed by atoms with Crippen LogP contribution in [0.25, 0.3) is 0 Å². The van der Waals surface area contributed by atoms with Crippen molar-refractivity contribution in [1.82, 2.24) is 10.2 Å². The van der Waals surface area contributed by atoms with Gasteiger partial charge in [0.25, 0.3) is 0 Å². The fourth-order valence-corrected chi connectivity index (χ4v) is 2.63. The van der Waals surface area contributed by atoms with Crippen LogP contribution in [0.4, 0.5) is 0 Å². The van der Waals surface area contributed by atoms with Crippen molar-refractivity contribution in [2.75, 3.05) is 32.7 Å². The molecule has 0 amide bonds. The second-order valence-corrected chi connectivity index (χ2v) is 6.49. The molecule has 1 N–H and O–H groups in total. The lowest BCUT2D eigenvalue weighted by atomic mass is 10.0. The van der Waals surface area contributed by atoms with E-state index in [0.717, 1.165) is 24.3 Å². The quantitative estimate of drug-likeness (QED) is 0.768. The van der Waals surface area contributed by atoms with Gasteiger partial charge in [-0.2, -0.15) is 0 Å². The Balaban J connectivity index is 2.14. The second-order valence-electron chi connectivity index (χ2n) is 6.49. The summed E-state index contributed by atoms with van der Waals surface area (Å²) in [5, 5.41) is 3.57. The average Bonchev–Trinajstić information content (AvgIpc) is 2.43. The van der Waals surface area contributed by atoms with Crippen molar-refractivity contribution in [2.45, 2.75) is 47.0 Å². The van der Waals surface area contributed by atoms with E-state index in [4.69, 9.17) is 0 Å². The molecule has 2 heteroatoms. The Bertz CT molecular complexity index is 191. The minimum absolute atomic E-state index is 0.765. The predicted octanol–water partition coefficient (Wildman–Crippen LogP) is 2.99. The molecule has 0 spiro atoms. The van der Waals surface area contributed by atoms with Crippen molar-refractivity contribution >= 4 is 0 Å². The smallest absolute Gasteiger partial charge is 0.00191 e. The first kappa shape index (κ1) is 15.0. The fraction of sp³-hybridized carbons (Fsp3) is 1.00. The van der Waals surface area contributed by atoms with E-state index in [1.807, 2.05) is 0 Å². The van der Waals surface area contributed by atoms with E-state index in [-0.39, 0.29) is 0 Å². The predicted molar refractivity (Wildman–Crippen MR) is 76.3 cm³/mol. The van der Waals surface area contributed by atoms with Crippen molar-refractivity contribution in [2.24, 2.45) is 17.8 Å². The van der Waals surface area contributed by atoms with Gasteiger partial charge in [0.05, 0.1) is 0 Å². The zero-order valence-corrected chi connectivity index (χ0v) is 12.3. The average molecular weight is 240 g/mol. The third-order valence-corrected chi connectivity index (χ3v) is 3.72. The topological polar surface area (TPSA) is 15.3 Å². The van der Waals surface area contributed by atoms with Gasteiger partial charge in [-0.05, 0) is 63.2 Å². The Morgan fingerprint density at radius 2 is 1.88 bits per heavy atom. The van der Waals surface area contributed by atoms with Gasteiger partial charge in [0.15, 0.2) is 0 Å². The number of hydrogen-bond acceptors (Lipinski definition) is 2. The summed E-state index contributed by atoms with van der Waals surface area (Å²) in [5.74, 6) is 2.48. The van der Waals surface area contributed by atoms with E-state index in [9.17, 15) is 0 Å². The van der Waals surface area contributed by atoms with Gasteiger partial charge in [-0.1, -0.05) is 27.7 Å². The van der Waals surface area contributed by atoms with Crippen LogP contribution < -0.4 is 5.32 Å². The third kappa shape index (κ3) is 7.05. The zero-order valence-electron chi connectivity index (χ0n) is 12.3. The molecule has 0 aromatic carbocycles. The second kappa shape index (κ2) is 8.10. The molecule has 0 radical (unpaired) electrons. The summed E-state index contributed by atoms with van der Waals surface area (Å²) >= 11 is 0. The van der Waals surface area contributed by atoms with Crippen LogP contribution in [0.1, 0.15) is 47.0 Å². The van der Waals surface area contributed by atoms with Crippen LogP contribution in [0.15, 0.2) is 0 Å². The molecule has 0 aromatic heterocycles. The van der Waals surface area contributed by atoms with Gasteiger partial charge in [0.1, 0.15) is 0 Å². The lowest BCUT2D eigenvalue weighted by Gasteiger charge is -2.24. The maximum Gasteiger partial charge on any atom is 0.00191 e. The molecule has 0 aliphatic carbocycles. The maximum absolute atomic E-state index is 3.57. The summed E-state index contributed by atoms with van der Waals surface area (Å²) in [6, 6.07) is 0. The van der Waals surface area contributed by atoms with Crippen LogP contribution >= 0.6 is 0 Å². The Labute approximate surface area is 108 Å². The van der Waals surface area contributed by atoms with Crippen molar-refractivity contribution in [1.29, 1.82) is 0 Å². The minimum atomic E-state index is 0.765. The van der Waals surface area contributed by atoms with Gasteiger partial charge in [-0.3, -0.25) is 0 Å². The minimum Gasteiger partial charge on any atom is -0.316 e. The lowest BCUT2D eigenvalue weighted by molar-refractivity contribution is 0.240. The Morgan fingerprint density at radius 1 is 1.12 bits per heavy atom. The molecule has 1 rings (SSSR count). The SMILES string of the molecule is CC(C)CNCC(C)CN1CCCC(C)CC1. The highest BCUT2D eigenvalue weighted by Gasteiger charge is 2.15. The van der Waals surface area contributed by atoms with Gasteiger partial charge >= 0.3 is 0 Å². The van der Waals surface area contributed by atoms with Gasteiger partial charge in [0, 0.05) is 6.54 Å². The molecule has 1 aliphatic heterocycles. The summed E-state index contributed by atoms with van der Waals surface area (Å²) in [5.41, 5.74) is 0. The number of nitrogens with zero attached hydrogens (tertiary/aromatic N) is 1. The summed E-state index contributed by atoms with van der Waals surface area (Å²) in [6.45, 7) is 15.6. The zero-order chi connectivity index (χ0) is 12.7. The molecule has 0 saturated carbocycles. The van der Waals surface area contributed by atoms with Crippen molar-refractivity contribution in [3.63, 3.8) is 0 Å². The molecule has 17 heavy (non-hydrogen) atoms. The normalized spacial score (nSPS) is 24.9. The highest BCUT2D eigenvalue weighted by atomic mass is 15.1. The first-order valence-corrected chi connectivity index (χ1v) is 7.51. The molecule has 2 nitrogen and oxygen atoms in total. The van der Waals surface area contributed by atoms with Gasteiger partial charge < -0.3 is 10.2 Å². The molecule has 2 atom stereocenters. The van der Waals surface area contributed by atoms with Crippen LogP contribution in [0, 0.1) is 17.8 Å². The fourth-order valence-electron chi connectivity index (χ4n) is 2.63. The van der Waals surface area contributed by atoms with E-state index in [1.165, 1.54) is 45.4 Å². The van der Waals surface area contributed by atoms with E-state index in [1.54, 1.807) is 0 Å². The van der Waals surface area contributed by atoms with E-state index >= 15 is 0 Å². The van der Waals surface area contributed by atoms with Crippen LogP contribution in [0.5, 0.6) is 0 Å². The van der Waals surface area contributed by atoms with E-state index < -0.39 is 0 Å². The van der Waals surface area contributed by atoms with E-state index in [2.05, 4.69) is 37.9 Å². The molecule has 102 valence electrons. The molecular weight excluding hydrogens is 208 g/mol. The van der Waals surface area contributed by atoms with Crippen LogP contribution in [0.2, 0.25) is 0 Å². The van der Waals surface area contributed by atoms with E-state index in [0.29, 0.717) is 0 Å². The lowest BCUT2D eigenvalue weighted by Crippen LogP contribution is -2.35. The van der Waals surface area contributed by atoms with Crippen molar-refractivity contribution in [3.05, 3.63) is 0 Å². The first-order valence-electron chi connectivity index (χ1n) is 7.51. The molecular formula is C15H32N2. The molecule has 1 fully saturated rings. The van der Waals surface area contributed by atoms with Crippen molar-refractivity contribution < 1.29 is 0 Å². The molecule has 0 bridgehead atoms. The van der Waals surface area contributed by atoms with Gasteiger partial charge in [-0.25, -0.2) is 0 Å². The summed E-state index contributed by atoms with van der Waals surface area (Å²) in [4.78, 5) is 2.67. The number of hydrogen-bond donors (Lipinski definition) is 1. The summed E-state index contributed by atoms with van der Waals surface area (Å²) < 4.78 is 0. The summed E-state index contributed by atoms with van der Waals surface area (Å²) in [7, 11) is 0. The van der Waals surface area contributed by atoms with Crippen LogP contribution in [0.3, 0.4) is 0 Å². The number of likely N-dealkylation sites (tertiary alicyclic amines) is 1. The monoisotopic (exact) mass is 240 g/mol. The highest BCUT2D eigenvalue weighted by molar-refractivity contribution is 4.70. The van der Waals surface area contributed by atoms with Crippen LogP contribution in [-0.2, 0) is 0 Å². The largest absolute Gasteiger partial charge is 0.316 e. The molecule has 1 saturated heterocycles. The maximum atomic E-state index is 3.57. The number of rotatable bonds is 6. The molecule has 0 aromatic rings. The summed E-state index contributed by atoms with van der Waals surface area (Å²) in [6.07, 6.45) is 4.22. The highest BCUT2D eigenvalue weighted by Crippen LogP contribution is 2.17. The molecule has 1 heterocycles. The van der Waals surface area contributed by atoms with Crippen LogP contribution in [-0.4, -0.2) is 37.6 Å². The Hall–Kier alpha value is -0.0800. The van der Waals surface area contributed by atoms with Gasteiger partial charge in [-0.15, -0.1) is 0 Å². The van der Waals surface area contributed by atoms with Crippen molar-refractivity contribution in [3.8, 4) is 0 Å². The standard InChI is InChI=1S/C15H32N2/c1-13(2)10-16-11-15(4)12-17-8-5-6-14(3)7-9-17/h13-16H,5-12H2,1-4H3. The third-order valence-electron chi connectivity index (χ3n) is 3.72. The van der Waals surface area contributed by atoms with Gasteiger partial charge in [0.2, 0.25) is 0 Å².